The van der Waals surface area contributed by atoms with Gasteiger partial charge in [0.25, 0.3) is 0 Å². The number of carbonyl (C=O) groups is 1. The van der Waals surface area contributed by atoms with Crippen LogP contribution in [0.4, 0.5) is 0 Å². The molecule has 1 fully saturated rings. The maximum absolute atomic E-state index is 11.1. The van der Waals surface area contributed by atoms with Gasteiger partial charge in [0.05, 0.1) is 32.5 Å². The molecule has 2 rings (SSSR count). The number of aliphatic hydroxyl groups is 1. The van der Waals surface area contributed by atoms with Crippen molar-refractivity contribution in [2.75, 3.05) is 20.8 Å². The number of ether oxygens (including phenoxy) is 4. The molecule has 28 heavy (non-hydrogen) atoms. The van der Waals surface area contributed by atoms with Crippen LogP contribution in [0.15, 0.2) is 42.5 Å². The van der Waals surface area contributed by atoms with Gasteiger partial charge < -0.3 is 24.1 Å². The van der Waals surface area contributed by atoms with Crippen LogP contribution in [0.3, 0.4) is 0 Å². The molecule has 0 spiro atoms. The van der Waals surface area contributed by atoms with Gasteiger partial charge in [-0.2, -0.15) is 0 Å². The van der Waals surface area contributed by atoms with E-state index >= 15 is 0 Å². The normalized spacial score (nSPS) is 25.1. The molecule has 0 aromatic heterocycles. The Kier molecular flexibility index (Phi) is 10.2. The van der Waals surface area contributed by atoms with Crippen LogP contribution in [-0.4, -0.2) is 50.4 Å². The number of rotatable bonds is 11. The molecule has 6 nitrogen and oxygen atoms in total. The highest BCUT2D eigenvalue weighted by Crippen LogP contribution is 2.28. The summed E-state index contributed by atoms with van der Waals surface area (Å²) in [5.41, 5.74) is 1.10. The van der Waals surface area contributed by atoms with Crippen molar-refractivity contribution in [1.82, 2.24) is 0 Å². The van der Waals surface area contributed by atoms with E-state index in [1.165, 1.54) is 7.11 Å². The van der Waals surface area contributed by atoms with Crippen LogP contribution in [0, 0.1) is 5.92 Å². The number of unbranched alkanes of at least 4 members (excludes halogenated alkanes) is 2. The Hall–Kier alpha value is -1.73. The fraction of sp³-hybridized carbons (Fsp3) is 0.591. The van der Waals surface area contributed by atoms with Crippen LogP contribution in [0.5, 0.6) is 0 Å². The standard InChI is InChI=1S/C22H32O6/c1-25-21(24)13-9-4-3-8-12-18-19(23)14-22(26-2)28-20(18)16-27-15-17-10-6-5-7-11-17/h5-8,10-12,18-20,22-23H,3-4,9,13-16H2,1-2H3/t18-,19-,20+,22-/m1/s1. The zero-order chi connectivity index (χ0) is 20.2. The lowest BCUT2D eigenvalue weighted by Crippen LogP contribution is -2.46. The average Bonchev–Trinajstić information content (AvgIpc) is 2.72. The third-order valence-corrected chi connectivity index (χ3v) is 4.88. The number of hydrogen-bond donors (Lipinski definition) is 1. The molecular weight excluding hydrogens is 360 g/mol. The maximum Gasteiger partial charge on any atom is 0.305 e. The SMILES string of the molecule is COC(=O)CCCCC=C[C@@H]1[C@H](O)C[C@H](OC)O[C@H]1COCc1ccccc1. The zero-order valence-corrected chi connectivity index (χ0v) is 16.8. The van der Waals surface area contributed by atoms with Gasteiger partial charge in [0, 0.05) is 25.9 Å². The molecule has 0 saturated carbocycles. The molecule has 6 heteroatoms. The summed E-state index contributed by atoms with van der Waals surface area (Å²) >= 11 is 0. The Balaban J connectivity index is 1.83. The fourth-order valence-corrected chi connectivity index (χ4v) is 3.25. The van der Waals surface area contributed by atoms with Crippen LogP contribution in [0.1, 0.15) is 37.7 Å². The van der Waals surface area contributed by atoms with E-state index in [1.807, 2.05) is 42.5 Å². The van der Waals surface area contributed by atoms with Crippen molar-refractivity contribution in [3.8, 4) is 0 Å². The molecule has 1 N–H and O–H groups in total. The third kappa shape index (κ3) is 7.72. The van der Waals surface area contributed by atoms with Crippen LogP contribution in [0.2, 0.25) is 0 Å². The first-order chi connectivity index (χ1) is 13.6. The number of benzene rings is 1. The van der Waals surface area contributed by atoms with Gasteiger partial charge in [0.2, 0.25) is 0 Å². The molecule has 1 aliphatic heterocycles. The van der Waals surface area contributed by atoms with Crippen LogP contribution in [0.25, 0.3) is 0 Å². The summed E-state index contributed by atoms with van der Waals surface area (Å²) in [5.74, 6) is -0.330. The largest absolute Gasteiger partial charge is 0.469 e. The first-order valence-electron chi connectivity index (χ1n) is 9.85. The Bertz CT molecular complexity index is 588. The summed E-state index contributed by atoms with van der Waals surface area (Å²) in [6.45, 7) is 0.877. The van der Waals surface area contributed by atoms with Gasteiger partial charge in [0.1, 0.15) is 0 Å². The summed E-state index contributed by atoms with van der Waals surface area (Å²) in [6.07, 6.45) is 6.20. The molecular formula is C22H32O6. The quantitative estimate of drug-likeness (QED) is 0.354. The van der Waals surface area contributed by atoms with Gasteiger partial charge in [-0.3, -0.25) is 4.79 Å². The second-order valence-corrected chi connectivity index (χ2v) is 6.97. The Morgan fingerprint density at radius 3 is 2.75 bits per heavy atom. The Morgan fingerprint density at radius 1 is 1.25 bits per heavy atom. The minimum absolute atomic E-state index is 0.150. The van der Waals surface area contributed by atoms with E-state index < -0.39 is 12.4 Å². The third-order valence-electron chi connectivity index (χ3n) is 4.88. The van der Waals surface area contributed by atoms with Gasteiger partial charge in [-0.25, -0.2) is 0 Å². The van der Waals surface area contributed by atoms with Gasteiger partial charge >= 0.3 is 5.97 Å². The lowest BCUT2D eigenvalue weighted by Gasteiger charge is -2.37. The van der Waals surface area contributed by atoms with Gasteiger partial charge in [0.15, 0.2) is 6.29 Å². The first-order valence-corrected chi connectivity index (χ1v) is 9.85. The first kappa shape index (κ1) is 22.6. The second kappa shape index (κ2) is 12.7. The number of esters is 1. The van der Waals surface area contributed by atoms with Crippen molar-refractivity contribution in [1.29, 1.82) is 0 Å². The minimum atomic E-state index is -0.546. The van der Waals surface area contributed by atoms with E-state index in [4.69, 9.17) is 14.2 Å². The molecule has 1 aliphatic rings. The molecule has 0 radical (unpaired) electrons. The molecule has 0 bridgehead atoms. The Labute approximate surface area is 167 Å². The molecule has 156 valence electrons. The predicted octanol–water partition coefficient (Wildman–Crippen LogP) is 3.23. The van der Waals surface area contributed by atoms with Crippen LogP contribution in [-0.2, 0) is 30.3 Å². The van der Waals surface area contributed by atoms with Gasteiger partial charge in [-0.1, -0.05) is 42.5 Å². The summed E-state index contributed by atoms with van der Waals surface area (Å²) in [4.78, 5) is 11.1. The van der Waals surface area contributed by atoms with E-state index in [0.717, 1.165) is 24.8 Å². The second-order valence-electron chi connectivity index (χ2n) is 6.97. The van der Waals surface area contributed by atoms with Gasteiger partial charge in [-0.15, -0.1) is 0 Å². The number of allylic oxidation sites excluding steroid dienone is 1. The summed E-state index contributed by atoms with van der Waals surface area (Å²) in [6, 6.07) is 9.96. The van der Waals surface area contributed by atoms with E-state index in [-0.39, 0.29) is 18.0 Å². The molecule has 0 amide bonds. The summed E-state index contributed by atoms with van der Waals surface area (Å²) in [7, 11) is 2.98. The van der Waals surface area contributed by atoms with Crippen molar-refractivity contribution in [2.24, 2.45) is 5.92 Å². The lowest BCUT2D eigenvalue weighted by molar-refractivity contribution is -0.230. The lowest BCUT2D eigenvalue weighted by atomic mass is 9.90. The zero-order valence-electron chi connectivity index (χ0n) is 16.8. The predicted molar refractivity (Wildman–Crippen MR) is 106 cm³/mol. The molecule has 1 aromatic rings. The number of aliphatic hydroxyl groups excluding tert-OH is 1. The molecule has 0 unspecified atom stereocenters. The van der Waals surface area contributed by atoms with Crippen LogP contribution >= 0.6 is 0 Å². The molecule has 1 saturated heterocycles. The van der Waals surface area contributed by atoms with Gasteiger partial charge in [-0.05, 0) is 24.8 Å². The van der Waals surface area contributed by atoms with Crippen molar-refractivity contribution >= 4 is 5.97 Å². The van der Waals surface area contributed by atoms with E-state index in [9.17, 15) is 9.90 Å². The monoisotopic (exact) mass is 392 g/mol. The van der Waals surface area contributed by atoms with Crippen molar-refractivity contribution < 1.29 is 28.8 Å². The Morgan fingerprint density at radius 2 is 2.04 bits per heavy atom. The number of methoxy groups -OCH3 is 2. The maximum atomic E-state index is 11.1. The van der Waals surface area contributed by atoms with E-state index in [0.29, 0.717) is 26.1 Å². The highest BCUT2D eigenvalue weighted by Gasteiger charge is 2.36. The summed E-state index contributed by atoms with van der Waals surface area (Å²) in [5, 5.41) is 10.5. The van der Waals surface area contributed by atoms with Crippen molar-refractivity contribution in [2.45, 2.75) is 57.2 Å². The van der Waals surface area contributed by atoms with E-state index in [1.54, 1.807) is 7.11 Å². The van der Waals surface area contributed by atoms with Crippen molar-refractivity contribution in [3.05, 3.63) is 48.0 Å². The molecule has 1 aromatic carbocycles. The van der Waals surface area contributed by atoms with E-state index in [2.05, 4.69) is 4.74 Å². The van der Waals surface area contributed by atoms with Crippen LogP contribution < -0.4 is 0 Å². The van der Waals surface area contributed by atoms with Crippen molar-refractivity contribution in [3.63, 3.8) is 0 Å². The average molecular weight is 392 g/mol. The number of hydrogen-bond acceptors (Lipinski definition) is 6. The minimum Gasteiger partial charge on any atom is -0.469 e. The fourth-order valence-electron chi connectivity index (χ4n) is 3.25. The molecule has 1 heterocycles. The molecule has 4 atom stereocenters. The highest BCUT2D eigenvalue weighted by atomic mass is 16.7. The highest BCUT2D eigenvalue weighted by molar-refractivity contribution is 5.68. The molecule has 0 aliphatic carbocycles. The number of carbonyl (C=O) groups excluding carboxylic acids is 1. The summed E-state index contributed by atoms with van der Waals surface area (Å²) < 4.78 is 21.7. The topological polar surface area (TPSA) is 74.2 Å². The smallest absolute Gasteiger partial charge is 0.305 e.